The van der Waals surface area contributed by atoms with Gasteiger partial charge in [0, 0.05) is 33.2 Å². The Kier molecular flexibility index (Phi) is 11.2. The molecule has 0 fully saturated rings. The highest BCUT2D eigenvalue weighted by Gasteiger charge is 2.13. The van der Waals surface area contributed by atoms with Crippen LogP contribution in [0.4, 0.5) is 0 Å². The number of halogens is 1. The summed E-state index contributed by atoms with van der Waals surface area (Å²) in [7, 11) is -1.39. The third kappa shape index (κ3) is 9.11. The molecule has 0 aromatic heterocycles. The average Bonchev–Trinajstić information content (AvgIpc) is 2.50. The van der Waals surface area contributed by atoms with Crippen LogP contribution in [0.15, 0.2) is 35.3 Å². The predicted molar refractivity (Wildman–Crippen MR) is 107 cm³/mol. The van der Waals surface area contributed by atoms with Crippen molar-refractivity contribution in [1.82, 2.24) is 14.9 Å². The van der Waals surface area contributed by atoms with E-state index in [9.17, 15) is 8.42 Å². The summed E-state index contributed by atoms with van der Waals surface area (Å²) in [5, 5.41) is 6.41. The maximum atomic E-state index is 11.5. The van der Waals surface area contributed by atoms with Crippen molar-refractivity contribution >= 4 is 40.0 Å². The van der Waals surface area contributed by atoms with E-state index < -0.39 is 10.0 Å². The second kappa shape index (κ2) is 11.6. The normalized spacial score (nSPS) is 11.9. The van der Waals surface area contributed by atoms with Crippen molar-refractivity contribution in [2.75, 3.05) is 32.9 Å². The molecule has 1 rings (SSSR count). The van der Waals surface area contributed by atoms with Crippen molar-refractivity contribution in [3.05, 3.63) is 35.9 Å². The van der Waals surface area contributed by atoms with Gasteiger partial charge in [-0.2, -0.15) is 0 Å². The van der Waals surface area contributed by atoms with E-state index in [1.54, 1.807) is 7.05 Å². The zero-order valence-corrected chi connectivity index (χ0v) is 17.1. The van der Waals surface area contributed by atoms with Crippen LogP contribution in [-0.2, 0) is 16.6 Å². The first kappa shape index (κ1) is 22.1. The summed E-state index contributed by atoms with van der Waals surface area (Å²) >= 11 is 0. The van der Waals surface area contributed by atoms with E-state index in [-0.39, 0.29) is 24.0 Å². The molecule has 2 N–H and O–H groups in total. The van der Waals surface area contributed by atoms with Gasteiger partial charge in [-0.1, -0.05) is 37.3 Å². The lowest BCUT2D eigenvalue weighted by Gasteiger charge is -2.18. The summed E-state index contributed by atoms with van der Waals surface area (Å²) in [6, 6.07) is 10.1. The predicted octanol–water partition coefficient (Wildman–Crippen LogP) is 1.64. The van der Waals surface area contributed by atoms with E-state index in [2.05, 4.69) is 15.6 Å². The summed E-state index contributed by atoms with van der Waals surface area (Å²) in [5.74, 6) is 0.714. The molecule has 0 aliphatic heterocycles. The summed E-state index contributed by atoms with van der Waals surface area (Å²) in [5.41, 5.74) is 1.18. The lowest BCUT2D eigenvalue weighted by Crippen LogP contribution is -2.39. The maximum Gasteiger partial charge on any atom is 0.211 e. The molecular weight excluding hydrogens is 427 g/mol. The molecule has 0 heterocycles. The molecule has 0 atom stereocenters. The highest BCUT2D eigenvalue weighted by Crippen LogP contribution is 1.99. The lowest BCUT2D eigenvalue weighted by atomic mass is 10.2. The van der Waals surface area contributed by atoms with Crippen molar-refractivity contribution in [3.8, 4) is 0 Å². The smallest absolute Gasteiger partial charge is 0.211 e. The number of nitrogens with one attached hydrogen (secondary N) is 2. The van der Waals surface area contributed by atoms with Crippen LogP contribution in [0.2, 0.25) is 0 Å². The highest BCUT2D eigenvalue weighted by molar-refractivity contribution is 14.0. The first-order valence-corrected chi connectivity index (χ1v) is 9.25. The summed E-state index contributed by atoms with van der Waals surface area (Å²) < 4.78 is 24.4. The van der Waals surface area contributed by atoms with Gasteiger partial charge in [-0.3, -0.25) is 4.99 Å². The van der Waals surface area contributed by atoms with Crippen LogP contribution >= 0.6 is 24.0 Å². The molecule has 0 unspecified atom stereocenters. The molecule has 1 aromatic rings. The maximum absolute atomic E-state index is 11.5. The zero-order valence-electron chi connectivity index (χ0n) is 13.9. The van der Waals surface area contributed by atoms with Gasteiger partial charge in [0.2, 0.25) is 10.0 Å². The molecule has 8 heteroatoms. The standard InChI is InChI=1S/C15H26N4O2S.HI/c1-4-19(22(3,20)21)12-8-11-17-15(16-2)18-13-14-9-6-5-7-10-14;/h5-7,9-10H,4,8,11-13H2,1-3H3,(H2,16,17,18);1H. The van der Waals surface area contributed by atoms with Crippen LogP contribution in [0.1, 0.15) is 18.9 Å². The Hall–Kier alpha value is -0.870. The Balaban J connectivity index is 0.00000484. The summed E-state index contributed by atoms with van der Waals surface area (Å²) in [4.78, 5) is 4.15. The van der Waals surface area contributed by atoms with Gasteiger partial charge in [0.05, 0.1) is 6.26 Å². The third-order valence-electron chi connectivity index (χ3n) is 3.22. The van der Waals surface area contributed by atoms with E-state index in [0.717, 1.165) is 6.42 Å². The molecule has 132 valence electrons. The van der Waals surface area contributed by atoms with Crippen LogP contribution in [0, 0.1) is 0 Å². The van der Waals surface area contributed by atoms with Gasteiger partial charge in [0.1, 0.15) is 0 Å². The quantitative estimate of drug-likeness (QED) is 0.271. The summed E-state index contributed by atoms with van der Waals surface area (Å²) in [6.45, 7) is 4.22. The number of hydrogen-bond donors (Lipinski definition) is 2. The Labute approximate surface area is 156 Å². The topological polar surface area (TPSA) is 73.8 Å². The number of aliphatic imine (C=N–C) groups is 1. The molecule has 1 aromatic carbocycles. The molecule has 0 spiro atoms. The van der Waals surface area contributed by atoms with Gasteiger partial charge < -0.3 is 10.6 Å². The third-order valence-corrected chi connectivity index (χ3v) is 4.60. The molecule has 0 saturated heterocycles. The average molecular weight is 454 g/mol. The molecule has 6 nitrogen and oxygen atoms in total. The second-order valence-corrected chi connectivity index (χ2v) is 6.93. The van der Waals surface area contributed by atoms with E-state index in [1.165, 1.54) is 16.1 Å². The summed E-state index contributed by atoms with van der Waals surface area (Å²) in [6.07, 6.45) is 1.97. The number of guanidine groups is 1. The Morgan fingerprint density at radius 3 is 2.39 bits per heavy atom. The van der Waals surface area contributed by atoms with E-state index in [4.69, 9.17) is 0 Å². The van der Waals surface area contributed by atoms with Gasteiger partial charge in [-0.05, 0) is 12.0 Å². The second-order valence-electron chi connectivity index (χ2n) is 4.95. The number of hydrogen-bond acceptors (Lipinski definition) is 3. The minimum atomic E-state index is -3.11. The minimum Gasteiger partial charge on any atom is -0.356 e. The molecule has 0 radical (unpaired) electrons. The fourth-order valence-corrected chi connectivity index (χ4v) is 2.95. The SMILES string of the molecule is CCN(CCCNC(=NC)NCc1ccccc1)S(C)(=O)=O.I. The Morgan fingerprint density at radius 1 is 1.22 bits per heavy atom. The molecule has 0 saturated carbocycles. The zero-order chi connectivity index (χ0) is 16.4. The Morgan fingerprint density at radius 2 is 1.87 bits per heavy atom. The highest BCUT2D eigenvalue weighted by atomic mass is 127. The van der Waals surface area contributed by atoms with Gasteiger partial charge >= 0.3 is 0 Å². The van der Waals surface area contributed by atoms with Gasteiger partial charge in [-0.25, -0.2) is 12.7 Å². The molecule has 23 heavy (non-hydrogen) atoms. The number of benzene rings is 1. The van der Waals surface area contributed by atoms with E-state index in [1.807, 2.05) is 37.3 Å². The number of sulfonamides is 1. The van der Waals surface area contributed by atoms with Crippen LogP contribution in [-0.4, -0.2) is 51.6 Å². The van der Waals surface area contributed by atoms with Gasteiger partial charge in [0.25, 0.3) is 0 Å². The van der Waals surface area contributed by atoms with Crippen LogP contribution < -0.4 is 10.6 Å². The largest absolute Gasteiger partial charge is 0.356 e. The van der Waals surface area contributed by atoms with E-state index in [0.29, 0.717) is 32.1 Å². The van der Waals surface area contributed by atoms with Crippen LogP contribution in [0.5, 0.6) is 0 Å². The van der Waals surface area contributed by atoms with Crippen LogP contribution in [0.3, 0.4) is 0 Å². The first-order valence-electron chi connectivity index (χ1n) is 7.41. The monoisotopic (exact) mass is 454 g/mol. The molecule has 0 amide bonds. The van der Waals surface area contributed by atoms with E-state index >= 15 is 0 Å². The lowest BCUT2D eigenvalue weighted by molar-refractivity contribution is 0.424. The number of rotatable bonds is 8. The minimum absolute atomic E-state index is 0. The molecular formula is C15H27IN4O2S. The van der Waals surface area contributed by atoms with Gasteiger partial charge in [0.15, 0.2) is 5.96 Å². The molecule has 0 bridgehead atoms. The fourth-order valence-electron chi connectivity index (χ4n) is 2.02. The van der Waals surface area contributed by atoms with Crippen molar-refractivity contribution in [2.24, 2.45) is 4.99 Å². The van der Waals surface area contributed by atoms with Crippen LogP contribution in [0.25, 0.3) is 0 Å². The molecule has 0 aliphatic carbocycles. The van der Waals surface area contributed by atoms with Crippen molar-refractivity contribution in [2.45, 2.75) is 19.9 Å². The number of nitrogens with zero attached hydrogens (tertiary/aromatic N) is 2. The first-order chi connectivity index (χ1) is 10.5. The van der Waals surface area contributed by atoms with Crippen molar-refractivity contribution in [3.63, 3.8) is 0 Å². The molecule has 0 aliphatic rings. The van der Waals surface area contributed by atoms with Gasteiger partial charge in [-0.15, -0.1) is 24.0 Å². The van der Waals surface area contributed by atoms with Crippen molar-refractivity contribution in [1.29, 1.82) is 0 Å². The Bertz CT molecular complexity index is 564. The van der Waals surface area contributed by atoms with Crippen molar-refractivity contribution < 1.29 is 8.42 Å². The fraction of sp³-hybridized carbons (Fsp3) is 0.533.